The third-order valence-electron chi connectivity index (χ3n) is 3.88. The number of nitrogens with one attached hydrogen (secondary N) is 2. The molecule has 0 bridgehead atoms. The summed E-state index contributed by atoms with van der Waals surface area (Å²) in [5, 5.41) is 5.41. The van der Waals surface area contributed by atoms with Crippen LogP contribution in [0.1, 0.15) is 6.92 Å². The number of hydrogen-bond donors (Lipinski definition) is 2. The van der Waals surface area contributed by atoms with E-state index >= 15 is 0 Å². The number of benzene rings is 2. The van der Waals surface area contributed by atoms with Gasteiger partial charge in [0.15, 0.2) is 17.1 Å². The zero-order valence-corrected chi connectivity index (χ0v) is 14.7. The van der Waals surface area contributed by atoms with Crippen LogP contribution >= 0.6 is 0 Å². The molecule has 0 aliphatic rings. The summed E-state index contributed by atoms with van der Waals surface area (Å²) in [6, 6.07) is 9.66. The van der Waals surface area contributed by atoms with Crippen molar-refractivity contribution in [3.63, 3.8) is 0 Å². The van der Waals surface area contributed by atoms with Gasteiger partial charge in [-0.1, -0.05) is 0 Å². The lowest BCUT2D eigenvalue weighted by Gasteiger charge is -2.11. The van der Waals surface area contributed by atoms with E-state index in [0.717, 1.165) is 0 Å². The van der Waals surface area contributed by atoms with Gasteiger partial charge in [0, 0.05) is 30.1 Å². The van der Waals surface area contributed by atoms with Gasteiger partial charge in [0.25, 0.3) is 0 Å². The van der Waals surface area contributed by atoms with E-state index < -0.39 is 11.8 Å². The normalized spacial score (nSPS) is 10.6. The number of hydrogen-bond acceptors (Lipinski definition) is 5. The molecule has 2 amide bonds. The van der Waals surface area contributed by atoms with E-state index in [4.69, 9.17) is 13.9 Å². The summed E-state index contributed by atoms with van der Waals surface area (Å²) in [5.74, 6) is 0.656. The van der Waals surface area contributed by atoms with Gasteiger partial charge >= 0.3 is 11.8 Å². The number of methoxy groups -OCH3 is 2. The first-order valence-corrected chi connectivity index (χ1v) is 7.99. The number of anilines is 2. The minimum atomic E-state index is -0.436. The smallest absolute Gasteiger partial charge is 0.419 e. The maximum absolute atomic E-state index is 12.2. The van der Waals surface area contributed by atoms with Crippen molar-refractivity contribution in [2.75, 3.05) is 24.9 Å². The molecule has 0 aliphatic carbocycles. The highest BCUT2D eigenvalue weighted by Crippen LogP contribution is 2.29. The quantitative estimate of drug-likeness (QED) is 0.731. The fourth-order valence-electron chi connectivity index (χ4n) is 2.65. The monoisotopic (exact) mass is 357 g/mol. The van der Waals surface area contributed by atoms with Crippen molar-refractivity contribution < 1.29 is 18.7 Å². The summed E-state index contributed by atoms with van der Waals surface area (Å²) >= 11 is 0. The molecule has 0 fully saturated rings. The molecule has 26 heavy (non-hydrogen) atoms. The number of fused-ring (bicyclic) bond motifs is 1. The van der Waals surface area contributed by atoms with Crippen LogP contribution in [0.5, 0.6) is 11.5 Å². The summed E-state index contributed by atoms with van der Waals surface area (Å²) in [4.78, 5) is 23.9. The van der Waals surface area contributed by atoms with Gasteiger partial charge in [0.2, 0.25) is 0 Å². The first kappa shape index (κ1) is 17.4. The predicted molar refractivity (Wildman–Crippen MR) is 98.3 cm³/mol. The first-order valence-electron chi connectivity index (χ1n) is 7.99. The van der Waals surface area contributed by atoms with Gasteiger partial charge < -0.3 is 24.5 Å². The summed E-state index contributed by atoms with van der Waals surface area (Å²) in [6.45, 7) is 2.37. The molecule has 2 N–H and O–H groups in total. The van der Waals surface area contributed by atoms with Crippen LogP contribution in [0.25, 0.3) is 11.1 Å². The van der Waals surface area contributed by atoms with E-state index in [1.165, 1.54) is 18.8 Å². The van der Waals surface area contributed by atoms with Gasteiger partial charge in [-0.2, -0.15) is 0 Å². The maximum atomic E-state index is 12.2. The Morgan fingerprint density at radius 2 is 1.69 bits per heavy atom. The third kappa shape index (κ3) is 3.34. The molecule has 0 spiro atoms. The Kier molecular flexibility index (Phi) is 4.83. The van der Waals surface area contributed by atoms with Crippen molar-refractivity contribution in [3.05, 3.63) is 46.9 Å². The van der Waals surface area contributed by atoms with Crippen LogP contribution in [0.15, 0.2) is 45.6 Å². The highest BCUT2D eigenvalue weighted by molar-refractivity contribution is 6.00. The summed E-state index contributed by atoms with van der Waals surface area (Å²) in [7, 11) is 3.06. The van der Waals surface area contributed by atoms with Crippen molar-refractivity contribution in [1.29, 1.82) is 0 Å². The van der Waals surface area contributed by atoms with Crippen LogP contribution in [0.4, 0.5) is 16.2 Å². The number of carbonyl (C=O) groups is 1. The highest BCUT2D eigenvalue weighted by Gasteiger charge is 2.11. The maximum Gasteiger partial charge on any atom is 0.419 e. The van der Waals surface area contributed by atoms with Gasteiger partial charge in [0.1, 0.15) is 0 Å². The molecule has 8 heteroatoms. The topological polar surface area (TPSA) is 94.7 Å². The number of amides is 2. The molecule has 3 aromatic rings. The van der Waals surface area contributed by atoms with Gasteiger partial charge in [-0.3, -0.25) is 4.57 Å². The molecular formula is C18H19N3O5. The second kappa shape index (κ2) is 7.22. The van der Waals surface area contributed by atoms with Crippen LogP contribution in [0, 0.1) is 0 Å². The molecule has 8 nitrogen and oxygen atoms in total. The average molecular weight is 357 g/mol. The summed E-state index contributed by atoms with van der Waals surface area (Å²) in [6.07, 6.45) is 0. The van der Waals surface area contributed by atoms with Crippen LogP contribution in [-0.2, 0) is 6.54 Å². The molecule has 136 valence electrons. The van der Waals surface area contributed by atoms with Gasteiger partial charge in [-0.15, -0.1) is 0 Å². The zero-order valence-electron chi connectivity index (χ0n) is 14.7. The van der Waals surface area contributed by atoms with Crippen molar-refractivity contribution in [2.24, 2.45) is 0 Å². The van der Waals surface area contributed by atoms with E-state index in [1.807, 2.05) is 6.92 Å². The zero-order chi connectivity index (χ0) is 18.7. The largest absolute Gasteiger partial charge is 0.493 e. The predicted octanol–water partition coefficient (Wildman–Crippen LogP) is 3.28. The number of nitrogens with zero attached hydrogens (tertiary/aromatic N) is 1. The second-order valence-corrected chi connectivity index (χ2v) is 5.44. The second-order valence-electron chi connectivity index (χ2n) is 5.44. The Bertz CT molecular complexity index is 1010. The SMILES string of the molecule is CCn1c(=O)oc2cc(NC(=O)Nc3ccc(OC)c(OC)c3)ccc21. The van der Waals surface area contributed by atoms with Crippen molar-refractivity contribution >= 4 is 28.5 Å². The van der Waals surface area contributed by atoms with Crippen molar-refractivity contribution in [1.82, 2.24) is 4.57 Å². The van der Waals surface area contributed by atoms with E-state index in [0.29, 0.717) is 40.5 Å². The number of rotatable bonds is 5. The lowest BCUT2D eigenvalue weighted by Crippen LogP contribution is -2.19. The standard InChI is InChI=1S/C18H19N3O5/c1-4-21-13-7-5-11(9-15(13)26-18(21)23)19-17(22)20-12-6-8-14(24-2)16(10-12)25-3/h5-10H,4H2,1-3H3,(H2,19,20,22). The molecule has 0 unspecified atom stereocenters. The average Bonchev–Trinajstić information content (AvgIpc) is 2.95. The molecule has 1 heterocycles. The fraction of sp³-hybridized carbons (Fsp3) is 0.222. The molecule has 0 atom stereocenters. The molecule has 2 aromatic carbocycles. The molecule has 0 radical (unpaired) electrons. The Hall–Kier alpha value is -3.42. The van der Waals surface area contributed by atoms with E-state index in [-0.39, 0.29) is 0 Å². The minimum Gasteiger partial charge on any atom is -0.493 e. The molecule has 0 aliphatic heterocycles. The number of oxazole rings is 1. The lowest BCUT2D eigenvalue weighted by molar-refractivity contribution is 0.262. The van der Waals surface area contributed by atoms with Crippen LogP contribution in [0.2, 0.25) is 0 Å². The van der Waals surface area contributed by atoms with Gasteiger partial charge in [-0.05, 0) is 31.2 Å². The Labute approximate surface area is 149 Å². The van der Waals surface area contributed by atoms with Crippen LogP contribution in [-0.4, -0.2) is 24.8 Å². The third-order valence-corrected chi connectivity index (χ3v) is 3.88. The molecule has 0 saturated heterocycles. The van der Waals surface area contributed by atoms with Gasteiger partial charge in [0.05, 0.1) is 19.7 Å². The molecule has 0 saturated carbocycles. The Morgan fingerprint density at radius 1 is 1.04 bits per heavy atom. The number of carbonyl (C=O) groups excluding carboxylic acids is 1. The van der Waals surface area contributed by atoms with Crippen molar-refractivity contribution in [2.45, 2.75) is 13.5 Å². The number of aromatic nitrogens is 1. The summed E-state index contributed by atoms with van der Waals surface area (Å²) < 4.78 is 17.1. The Balaban J connectivity index is 1.76. The number of ether oxygens (including phenoxy) is 2. The molecule has 3 rings (SSSR count). The number of aryl methyl sites for hydroxylation is 1. The van der Waals surface area contributed by atoms with E-state index in [1.54, 1.807) is 36.4 Å². The minimum absolute atomic E-state index is 0.417. The van der Waals surface area contributed by atoms with Crippen LogP contribution < -0.4 is 25.9 Å². The number of urea groups is 1. The Morgan fingerprint density at radius 3 is 2.35 bits per heavy atom. The molecular weight excluding hydrogens is 338 g/mol. The lowest BCUT2D eigenvalue weighted by atomic mass is 10.2. The molecule has 1 aromatic heterocycles. The summed E-state index contributed by atoms with van der Waals surface area (Å²) in [5.41, 5.74) is 2.15. The fourth-order valence-corrected chi connectivity index (χ4v) is 2.65. The van der Waals surface area contributed by atoms with Crippen LogP contribution in [0.3, 0.4) is 0 Å². The van der Waals surface area contributed by atoms with E-state index in [9.17, 15) is 9.59 Å². The van der Waals surface area contributed by atoms with Gasteiger partial charge in [-0.25, -0.2) is 9.59 Å². The van der Waals surface area contributed by atoms with Crippen molar-refractivity contribution in [3.8, 4) is 11.5 Å². The first-order chi connectivity index (χ1) is 12.5. The highest BCUT2D eigenvalue weighted by atomic mass is 16.5. The van der Waals surface area contributed by atoms with E-state index in [2.05, 4.69) is 10.6 Å².